The molecule has 1 spiro atoms. The summed E-state index contributed by atoms with van der Waals surface area (Å²) in [6, 6.07) is 11.3. The van der Waals surface area contributed by atoms with Crippen LogP contribution < -0.4 is 10.1 Å². The lowest BCUT2D eigenvalue weighted by atomic mass is 9.56. The maximum Gasteiger partial charge on any atom is 0.251 e. The Morgan fingerprint density at radius 1 is 1.28 bits per heavy atom. The van der Waals surface area contributed by atoms with Crippen LogP contribution in [0.5, 0.6) is 5.75 Å². The number of aromatic amines is 1. The second-order valence-electron chi connectivity index (χ2n) is 11.7. The standard InChI is InChI=1S/C31H35FN4O3/c1-19-9-28(38-2)25(23-5-7-34-29(19)23)16-36-8-6-31(11-20(12-31)14-33)13-27(36)24-4-3-22(10-26(24)32)30(37)35-15-21-17-39-18-21/h3-5,7,9-10,20-21,27,34H,6,8,11-13,15-18H2,1-2H3,(H,35,37)/t20?,27-,31?/m0/s1. The van der Waals surface area contributed by atoms with Crippen molar-refractivity contribution in [2.75, 3.05) is 33.4 Å². The van der Waals surface area contributed by atoms with E-state index in [1.54, 1.807) is 19.2 Å². The number of piperidine rings is 1. The van der Waals surface area contributed by atoms with Gasteiger partial charge in [-0.15, -0.1) is 0 Å². The first kappa shape index (κ1) is 25.8. The predicted octanol–water partition coefficient (Wildman–Crippen LogP) is 5.26. The van der Waals surface area contributed by atoms with Gasteiger partial charge < -0.3 is 19.8 Å². The van der Waals surface area contributed by atoms with E-state index in [0.29, 0.717) is 43.3 Å². The molecule has 39 heavy (non-hydrogen) atoms. The lowest BCUT2D eigenvalue weighted by molar-refractivity contribution is -0.0307. The highest BCUT2D eigenvalue weighted by Crippen LogP contribution is 2.57. The molecule has 2 aliphatic heterocycles. The molecule has 2 saturated heterocycles. The third-order valence-corrected chi connectivity index (χ3v) is 9.11. The average Bonchev–Trinajstić information content (AvgIpc) is 3.39. The summed E-state index contributed by atoms with van der Waals surface area (Å²) in [5.41, 5.74) is 4.29. The Balaban J connectivity index is 1.30. The molecular weight excluding hydrogens is 495 g/mol. The first-order valence-electron chi connectivity index (χ1n) is 13.8. The van der Waals surface area contributed by atoms with Gasteiger partial charge in [-0.25, -0.2) is 4.39 Å². The zero-order valence-electron chi connectivity index (χ0n) is 22.6. The van der Waals surface area contributed by atoms with Crippen LogP contribution in [0.25, 0.3) is 10.9 Å². The van der Waals surface area contributed by atoms with Gasteiger partial charge in [-0.1, -0.05) is 6.07 Å². The Kier molecular flexibility index (Phi) is 6.82. The lowest BCUT2D eigenvalue weighted by Gasteiger charge is -2.53. The predicted molar refractivity (Wildman–Crippen MR) is 146 cm³/mol. The van der Waals surface area contributed by atoms with Crippen LogP contribution in [0.2, 0.25) is 0 Å². The van der Waals surface area contributed by atoms with Crippen LogP contribution in [0.1, 0.15) is 58.8 Å². The van der Waals surface area contributed by atoms with Crippen molar-refractivity contribution < 1.29 is 18.7 Å². The second-order valence-corrected chi connectivity index (χ2v) is 11.7. The molecule has 1 atom stereocenters. The van der Waals surface area contributed by atoms with E-state index in [2.05, 4.69) is 40.3 Å². The van der Waals surface area contributed by atoms with Crippen LogP contribution in [-0.4, -0.2) is 49.2 Å². The topological polar surface area (TPSA) is 90.4 Å². The number of aryl methyl sites for hydroxylation is 1. The molecule has 1 aromatic heterocycles. The van der Waals surface area contributed by atoms with E-state index in [9.17, 15) is 10.1 Å². The van der Waals surface area contributed by atoms with Gasteiger partial charge in [-0.05, 0) is 74.4 Å². The number of carbonyl (C=O) groups is 1. The highest BCUT2D eigenvalue weighted by molar-refractivity contribution is 5.94. The molecule has 0 unspecified atom stereocenters. The van der Waals surface area contributed by atoms with Crippen molar-refractivity contribution in [1.29, 1.82) is 5.26 Å². The number of amides is 1. The monoisotopic (exact) mass is 530 g/mol. The molecule has 0 radical (unpaired) electrons. The molecule has 3 fully saturated rings. The molecule has 3 heterocycles. The number of aromatic nitrogens is 1. The SMILES string of the molecule is COc1cc(C)c2[nH]ccc2c1CN1CCC2(CC(C#N)C2)C[C@H]1c1ccc(C(=O)NCC2COC2)cc1F. The van der Waals surface area contributed by atoms with Gasteiger partial charge in [-0.3, -0.25) is 9.69 Å². The van der Waals surface area contributed by atoms with Crippen LogP contribution in [0.15, 0.2) is 36.5 Å². The van der Waals surface area contributed by atoms with Gasteiger partial charge >= 0.3 is 0 Å². The molecule has 3 aromatic rings. The van der Waals surface area contributed by atoms with Gasteiger partial charge in [0.05, 0.1) is 26.4 Å². The molecule has 1 saturated carbocycles. The number of ether oxygens (including phenoxy) is 2. The van der Waals surface area contributed by atoms with Crippen molar-refractivity contribution in [1.82, 2.24) is 15.2 Å². The molecule has 204 valence electrons. The second kappa shape index (κ2) is 10.3. The Bertz CT molecular complexity index is 1430. The van der Waals surface area contributed by atoms with Gasteiger partial charge in [0.1, 0.15) is 11.6 Å². The summed E-state index contributed by atoms with van der Waals surface area (Å²) in [7, 11) is 1.69. The Labute approximate surface area is 228 Å². The van der Waals surface area contributed by atoms with Crippen molar-refractivity contribution in [3.8, 4) is 11.8 Å². The van der Waals surface area contributed by atoms with E-state index < -0.39 is 0 Å². The maximum atomic E-state index is 15.8. The largest absolute Gasteiger partial charge is 0.496 e. The first-order valence-corrected chi connectivity index (χ1v) is 13.8. The summed E-state index contributed by atoms with van der Waals surface area (Å²) < 4.78 is 26.8. The lowest BCUT2D eigenvalue weighted by Crippen LogP contribution is -2.48. The van der Waals surface area contributed by atoms with Gasteiger partial charge in [0.25, 0.3) is 5.91 Å². The average molecular weight is 531 g/mol. The third-order valence-electron chi connectivity index (χ3n) is 9.11. The number of benzene rings is 2. The molecule has 2 aromatic carbocycles. The summed E-state index contributed by atoms with van der Waals surface area (Å²) in [6.07, 6.45) is 5.47. The van der Waals surface area contributed by atoms with Gasteiger partial charge in [0, 0.05) is 64.8 Å². The normalized spacial score (nSPS) is 25.2. The van der Waals surface area contributed by atoms with E-state index in [1.807, 2.05) is 6.20 Å². The minimum absolute atomic E-state index is 0.0651. The molecular formula is C31H35FN4O3. The van der Waals surface area contributed by atoms with Crippen molar-refractivity contribution in [2.24, 2.45) is 17.3 Å². The van der Waals surface area contributed by atoms with Gasteiger partial charge in [-0.2, -0.15) is 5.26 Å². The van der Waals surface area contributed by atoms with E-state index in [4.69, 9.17) is 9.47 Å². The number of methoxy groups -OCH3 is 1. The number of nitriles is 1. The van der Waals surface area contributed by atoms with E-state index >= 15 is 4.39 Å². The molecule has 6 rings (SSSR count). The summed E-state index contributed by atoms with van der Waals surface area (Å²) in [6.45, 7) is 5.32. The molecule has 7 nitrogen and oxygen atoms in total. The summed E-state index contributed by atoms with van der Waals surface area (Å²) in [4.78, 5) is 18.4. The van der Waals surface area contributed by atoms with E-state index in [-0.39, 0.29) is 29.1 Å². The number of rotatable bonds is 7. The quantitative estimate of drug-likeness (QED) is 0.435. The number of hydrogen-bond donors (Lipinski definition) is 2. The molecule has 1 aliphatic carbocycles. The van der Waals surface area contributed by atoms with Gasteiger partial charge in [0.2, 0.25) is 0 Å². The van der Waals surface area contributed by atoms with Gasteiger partial charge in [0.15, 0.2) is 0 Å². The van der Waals surface area contributed by atoms with Crippen LogP contribution in [0.4, 0.5) is 4.39 Å². The number of carbonyl (C=O) groups excluding carboxylic acids is 1. The fraction of sp³-hybridized carbons (Fsp3) is 0.484. The van der Waals surface area contributed by atoms with E-state index in [1.165, 1.54) is 6.07 Å². The fourth-order valence-corrected chi connectivity index (χ4v) is 6.79. The number of fused-ring (bicyclic) bond motifs is 1. The summed E-state index contributed by atoms with van der Waals surface area (Å²) in [5, 5.41) is 13.4. The third kappa shape index (κ3) is 4.79. The van der Waals surface area contributed by atoms with Crippen molar-refractivity contribution in [3.05, 3.63) is 64.6 Å². The number of likely N-dealkylation sites (tertiary alicyclic amines) is 1. The number of nitrogens with one attached hydrogen (secondary N) is 2. The van der Waals surface area contributed by atoms with Crippen LogP contribution in [0, 0.1) is 41.3 Å². The molecule has 0 bridgehead atoms. The van der Waals surface area contributed by atoms with Crippen molar-refractivity contribution in [2.45, 2.75) is 45.2 Å². The highest BCUT2D eigenvalue weighted by atomic mass is 19.1. The molecule has 8 heteroatoms. The Morgan fingerprint density at radius 3 is 2.79 bits per heavy atom. The number of nitrogens with zero attached hydrogens (tertiary/aromatic N) is 2. The zero-order chi connectivity index (χ0) is 27.1. The number of H-pyrrole nitrogens is 1. The highest BCUT2D eigenvalue weighted by Gasteiger charge is 2.49. The number of hydrogen-bond acceptors (Lipinski definition) is 5. The Hall–Kier alpha value is -3.41. The summed E-state index contributed by atoms with van der Waals surface area (Å²) in [5.74, 6) is 0.622. The zero-order valence-corrected chi connectivity index (χ0v) is 22.6. The summed E-state index contributed by atoms with van der Waals surface area (Å²) >= 11 is 0. The van der Waals surface area contributed by atoms with Crippen molar-refractivity contribution in [3.63, 3.8) is 0 Å². The van der Waals surface area contributed by atoms with E-state index in [0.717, 1.165) is 60.0 Å². The van der Waals surface area contributed by atoms with Crippen LogP contribution >= 0.6 is 0 Å². The minimum Gasteiger partial charge on any atom is -0.496 e. The van der Waals surface area contributed by atoms with Crippen LogP contribution in [-0.2, 0) is 11.3 Å². The molecule has 1 amide bonds. The molecule has 2 N–H and O–H groups in total. The number of halogens is 1. The maximum absolute atomic E-state index is 15.8. The molecule has 3 aliphatic rings. The Morgan fingerprint density at radius 2 is 2.10 bits per heavy atom. The van der Waals surface area contributed by atoms with Crippen molar-refractivity contribution >= 4 is 16.8 Å². The first-order chi connectivity index (χ1) is 18.9. The fourth-order valence-electron chi connectivity index (χ4n) is 6.79. The van der Waals surface area contributed by atoms with Crippen LogP contribution in [0.3, 0.4) is 0 Å². The minimum atomic E-state index is -0.361. The smallest absolute Gasteiger partial charge is 0.251 e.